The predicted molar refractivity (Wildman–Crippen MR) is 114 cm³/mol. The van der Waals surface area contributed by atoms with E-state index in [2.05, 4.69) is 60.5 Å². The van der Waals surface area contributed by atoms with E-state index in [9.17, 15) is 10.1 Å². The van der Waals surface area contributed by atoms with Crippen molar-refractivity contribution < 1.29 is 4.92 Å². The lowest BCUT2D eigenvalue weighted by Crippen LogP contribution is -2.30. The largest absolute Gasteiger partial charge is 0.377 e. The zero-order chi connectivity index (χ0) is 19.8. The first-order valence-electron chi connectivity index (χ1n) is 10.1. The maximum Gasteiger partial charge on any atom is 0.274 e. The van der Waals surface area contributed by atoms with Gasteiger partial charge in [-0.15, -0.1) is 0 Å². The topological polar surface area (TPSA) is 58.4 Å². The van der Waals surface area contributed by atoms with Gasteiger partial charge >= 0.3 is 0 Å². The molecule has 0 radical (unpaired) electrons. The van der Waals surface area contributed by atoms with Gasteiger partial charge in [0.1, 0.15) is 0 Å². The molecule has 0 bridgehead atoms. The van der Waals surface area contributed by atoms with Crippen molar-refractivity contribution in [1.29, 1.82) is 0 Å². The smallest absolute Gasteiger partial charge is 0.274 e. The summed E-state index contributed by atoms with van der Waals surface area (Å²) in [4.78, 5) is 13.4. The van der Waals surface area contributed by atoms with Crippen LogP contribution in [0.5, 0.6) is 0 Å². The Labute approximate surface area is 166 Å². The van der Waals surface area contributed by atoms with Crippen molar-refractivity contribution >= 4 is 17.1 Å². The number of nitro benzene ring substituents is 1. The fourth-order valence-electron chi connectivity index (χ4n) is 4.81. The molecule has 2 aliphatic rings. The summed E-state index contributed by atoms with van der Waals surface area (Å²) in [6.45, 7) is 8.16. The van der Waals surface area contributed by atoms with Crippen molar-refractivity contribution in [3.05, 3.63) is 75.4 Å². The van der Waals surface area contributed by atoms with E-state index >= 15 is 0 Å². The van der Waals surface area contributed by atoms with E-state index in [0.717, 1.165) is 30.8 Å². The molecule has 2 aromatic carbocycles. The van der Waals surface area contributed by atoms with Crippen LogP contribution in [0.3, 0.4) is 0 Å². The molecular formula is C23H27N3O2. The molecule has 0 saturated carbocycles. The second-order valence-corrected chi connectivity index (χ2v) is 7.67. The molecule has 3 unspecified atom stereocenters. The number of hydrogen-bond donors (Lipinski definition) is 1. The molecule has 4 rings (SSSR count). The van der Waals surface area contributed by atoms with E-state index in [1.807, 2.05) is 13.0 Å². The molecule has 0 amide bonds. The van der Waals surface area contributed by atoms with Crippen molar-refractivity contribution in [2.45, 2.75) is 39.2 Å². The fraction of sp³-hybridized carbons (Fsp3) is 0.391. The second kappa shape index (κ2) is 7.30. The van der Waals surface area contributed by atoms with Gasteiger partial charge in [0.15, 0.2) is 0 Å². The number of anilines is 2. The summed E-state index contributed by atoms with van der Waals surface area (Å²) < 4.78 is 0. The molecule has 5 nitrogen and oxygen atoms in total. The van der Waals surface area contributed by atoms with Gasteiger partial charge in [-0.1, -0.05) is 24.3 Å². The summed E-state index contributed by atoms with van der Waals surface area (Å²) >= 11 is 0. The molecule has 146 valence electrons. The van der Waals surface area contributed by atoms with Crippen LogP contribution in [0.2, 0.25) is 0 Å². The highest BCUT2D eigenvalue weighted by Crippen LogP contribution is 2.51. The molecule has 3 atom stereocenters. The summed E-state index contributed by atoms with van der Waals surface area (Å²) in [7, 11) is 0. The number of nitrogens with one attached hydrogen (secondary N) is 1. The van der Waals surface area contributed by atoms with E-state index in [1.54, 1.807) is 6.07 Å². The molecule has 1 aliphatic carbocycles. The normalized spacial score (nSPS) is 22.3. The average Bonchev–Trinajstić information content (AvgIpc) is 3.19. The Morgan fingerprint density at radius 1 is 1.14 bits per heavy atom. The minimum atomic E-state index is -0.290. The van der Waals surface area contributed by atoms with Gasteiger partial charge in [0, 0.05) is 36.4 Å². The molecule has 5 heteroatoms. The Bertz CT molecular complexity index is 916. The minimum Gasteiger partial charge on any atom is -0.377 e. The van der Waals surface area contributed by atoms with E-state index in [4.69, 9.17) is 0 Å². The lowest BCUT2D eigenvalue weighted by atomic mass is 9.76. The molecule has 1 N–H and O–H groups in total. The number of nitro groups is 1. The maximum atomic E-state index is 11.4. The zero-order valence-electron chi connectivity index (χ0n) is 16.7. The molecule has 0 spiro atoms. The summed E-state index contributed by atoms with van der Waals surface area (Å²) in [6.07, 6.45) is 5.54. The second-order valence-electron chi connectivity index (χ2n) is 7.67. The van der Waals surface area contributed by atoms with Gasteiger partial charge in [-0.2, -0.15) is 0 Å². The summed E-state index contributed by atoms with van der Waals surface area (Å²) in [5.74, 6) is 0.746. The van der Waals surface area contributed by atoms with Crippen molar-refractivity contribution in [2.24, 2.45) is 5.92 Å². The van der Waals surface area contributed by atoms with Crippen molar-refractivity contribution in [1.82, 2.24) is 0 Å². The van der Waals surface area contributed by atoms with Crippen LogP contribution < -0.4 is 10.2 Å². The lowest BCUT2D eigenvalue weighted by molar-refractivity contribution is -0.385. The Hall–Kier alpha value is -2.82. The van der Waals surface area contributed by atoms with Crippen LogP contribution in [0.25, 0.3) is 0 Å². The Kier molecular flexibility index (Phi) is 4.84. The third-order valence-electron chi connectivity index (χ3n) is 6.35. The van der Waals surface area contributed by atoms with Crippen molar-refractivity contribution in [3.63, 3.8) is 0 Å². The molecule has 0 saturated heterocycles. The van der Waals surface area contributed by atoms with Crippen LogP contribution in [0.15, 0.2) is 48.6 Å². The van der Waals surface area contributed by atoms with E-state index in [1.165, 1.54) is 16.8 Å². The van der Waals surface area contributed by atoms with Crippen molar-refractivity contribution in [3.8, 4) is 0 Å². The monoisotopic (exact) mass is 377 g/mol. The molecule has 0 aromatic heterocycles. The van der Waals surface area contributed by atoms with E-state index in [0.29, 0.717) is 11.8 Å². The average molecular weight is 377 g/mol. The van der Waals surface area contributed by atoms with Gasteiger partial charge in [0.2, 0.25) is 0 Å². The SMILES string of the molecule is CCN(CC)c1ccc(C2Nc3c(ccc([N+](=O)[O-])c3C)C3C=CCC32)cc1. The Morgan fingerprint density at radius 2 is 1.86 bits per heavy atom. The molecule has 2 aromatic rings. The van der Waals surface area contributed by atoms with Crippen LogP contribution in [-0.2, 0) is 0 Å². The van der Waals surface area contributed by atoms with Gasteiger partial charge in [0.25, 0.3) is 5.69 Å². The number of hydrogen-bond acceptors (Lipinski definition) is 4. The first-order valence-corrected chi connectivity index (χ1v) is 10.1. The van der Waals surface area contributed by atoms with Crippen LogP contribution in [0, 0.1) is 23.0 Å². The van der Waals surface area contributed by atoms with E-state index in [-0.39, 0.29) is 16.7 Å². The highest BCUT2D eigenvalue weighted by molar-refractivity contribution is 5.69. The standard InChI is InChI=1S/C23H27N3O2/c1-4-25(5-2)17-11-9-16(10-12-17)23-19-8-6-7-18(19)20-13-14-21(26(27)28)15(3)22(20)24-23/h6-7,9-14,18-19,23-24H,4-5,8H2,1-3H3. The Morgan fingerprint density at radius 3 is 2.50 bits per heavy atom. The van der Waals surface area contributed by atoms with Crippen LogP contribution in [0.1, 0.15) is 48.9 Å². The predicted octanol–water partition coefficient (Wildman–Crippen LogP) is 5.58. The minimum absolute atomic E-state index is 0.152. The quantitative estimate of drug-likeness (QED) is 0.420. The van der Waals surface area contributed by atoms with Gasteiger partial charge in [-0.25, -0.2) is 0 Å². The highest BCUT2D eigenvalue weighted by atomic mass is 16.6. The third kappa shape index (κ3) is 2.95. The summed E-state index contributed by atoms with van der Waals surface area (Å²) in [6, 6.07) is 12.5. The number of fused-ring (bicyclic) bond motifs is 3. The van der Waals surface area contributed by atoms with Crippen LogP contribution in [0.4, 0.5) is 17.1 Å². The molecule has 1 heterocycles. The first kappa shape index (κ1) is 18.5. The molecular weight excluding hydrogens is 350 g/mol. The number of nitrogens with zero attached hydrogens (tertiary/aromatic N) is 2. The van der Waals surface area contributed by atoms with Gasteiger partial charge in [-0.05, 0) is 62.4 Å². The van der Waals surface area contributed by atoms with Gasteiger partial charge < -0.3 is 10.2 Å². The third-order valence-corrected chi connectivity index (χ3v) is 6.35. The molecule has 0 fully saturated rings. The molecule has 28 heavy (non-hydrogen) atoms. The number of benzene rings is 2. The van der Waals surface area contributed by atoms with Crippen molar-refractivity contribution in [2.75, 3.05) is 23.3 Å². The first-order chi connectivity index (χ1) is 13.5. The lowest BCUT2D eigenvalue weighted by Gasteiger charge is -2.38. The maximum absolute atomic E-state index is 11.4. The fourth-order valence-corrected chi connectivity index (χ4v) is 4.81. The number of allylic oxidation sites excluding steroid dienone is 2. The summed E-state index contributed by atoms with van der Waals surface area (Å²) in [5, 5.41) is 15.1. The van der Waals surface area contributed by atoms with Gasteiger partial charge in [-0.3, -0.25) is 10.1 Å². The van der Waals surface area contributed by atoms with Crippen LogP contribution >= 0.6 is 0 Å². The van der Waals surface area contributed by atoms with E-state index < -0.39 is 0 Å². The van der Waals surface area contributed by atoms with Crippen LogP contribution in [-0.4, -0.2) is 18.0 Å². The summed E-state index contributed by atoms with van der Waals surface area (Å²) in [5.41, 5.74) is 5.50. The highest BCUT2D eigenvalue weighted by Gasteiger charge is 2.39. The number of rotatable bonds is 5. The van der Waals surface area contributed by atoms with Gasteiger partial charge in [0.05, 0.1) is 16.5 Å². The zero-order valence-corrected chi connectivity index (χ0v) is 16.7. The Balaban J connectivity index is 1.72. The molecule has 1 aliphatic heterocycles.